The van der Waals surface area contributed by atoms with Crippen LogP contribution in [0.2, 0.25) is 0 Å². The predicted molar refractivity (Wildman–Crippen MR) is 74.8 cm³/mol. The maximum atomic E-state index is 12.7. The van der Waals surface area contributed by atoms with Gasteiger partial charge in [0, 0.05) is 6.54 Å². The molecule has 0 aliphatic heterocycles. The number of nitrogens with zero attached hydrogens (tertiary/aromatic N) is 1. The SMILES string of the molecule is Nc1cc(C(F)(F)F)cc(NCC2(O)CCCCCC2)n1. The number of anilines is 2. The molecule has 21 heavy (non-hydrogen) atoms. The van der Waals surface area contributed by atoms with Crippen LogP contribution in [-0.4, -0.2) is 22.2 Å². The van der Waals surface area contributed by atoms with Gasteiger partial charge in [0.1, 0.15) is 11.6 Å². The molecule has 0 unspecified atom stereocenters. The Bertz CT molecular complexity index is 483. The average molecular weight is 303 g/mol. The zero-order valence-electron chi connectivity index (χ0n) is 11.7. The molecule has 1 aliphatic rings. The Morgan fingerprint density at radius 3 is 2.38 bits per heavy atom. The van der Waals surface area contributed by atoms with Crippen molar-refractivity contribution in [1.29, 1.82) is 0 Å². The lowest BCUT2D eigenvalue weighted by atomic mass is 9.94. The van der Waals surface area contributed by atoms with Gasteiger partial charge in [-0.25, -0.2) is 4.98 Å². The molecule has 4 N–H and O–H groups in total. The predicted octanol–water partition coefficient (Wildman–Crippen LogP) is 3.18. The second-order valence-corrected chi connectivity index (χ2v) is 5.66. The summed E-state index contributed by atoms with van der Waals surface area (Å²) in [4.78, 5) is 3.84. The van der Waals surface area contributed by atoms with Crippen molar-refractivity contribution in [1.82, 2.24) is 4.98 Å². The van der Waals surface area contributed by atoms with E-state index >= 15 is 0 Å². The second-order valence-electron chi connectivity index (χ2n) is 5.66. The van der Waals surface area contributed by atoms with Crippen molar-refractivity contribution in [2.75, 3.05) is 17.6 Å². The Kier molecular flexibility index (Phi) is 4.61. The van der Waals surface area contributed by atoms with E-state index in [1.54, 1.807) is 0 Å². The summed E-state index contributed by atoms with van der Waals surface area (Å²) in [5.74, 6) is -0.153. The van der Waals surface area contributed by atoms with Crippen LogP contribution in [0, 0.1) is 0 Å². The Labute approximate surface area is 121 Å². The monoisotopic (exact) mass is 303 g/mol. The van der Waals surface area contributed by atoms with Crippen molar-refractivity contribution in [3.63, 3.8) is 0 Å². The fourth-order valence-electron chi connectivity index (χ4n) is 2.62. The number of rotatable bonds is 3. The lowest BCUT2D eigenvalue weighted by Crippen LogP contribution is -2.36. The minimum absolute atomic E-state index is 0.0417. The summed E-state index contributed by atoms with van der Waals surface area (Å²) in [5, 5.41) is 13.3. The van der Waals surface area contributed by atoms with Crippen LogP contribution in [0.15, 0.2) is 12.1 Å². The first-order valence-electron chi connectivity index (χ1n) is 7.10. The van der Waals surface area contributed by atoms with Crippen molar-refractivity contribution >= 4 is 11.6 Å². The fourth-order valence-corrected chi connectivity index (χ4v) is 2.62. The van der Waals surface area contributed by atoms with Crippen LogP contribution >= 0.6 is 0 Å². The summed E-state index contributed by atoms with van der Waals surface area (Å²) in [6.45, 7) is 0.181. The second kappa shape index (κ2) is 6.09. The van der Waals surface area contributed by atoms with E-state index in [0.29, 0.717) is 12.8 Å². The van der Waals surface area contributed by atoms with Crippen molar-refractivity contribution in [2.24, 2.45) is 0 Å². The van der Waals surface area contributed by atoms with Gasteiger partial charge in [-0.2, -0.15) is 13.2 Å². The lowest BCUT2D eigenvalue weighted by molar-refractivity contribution is -0.137. The third-order valence-electron chi connectivity index (χ3n) is 3.81. The molecular formula is C14H20F3N3O. The summed E-state index contributed by atoms with van der Waals surface area (Å²) in [6.07, 6.45) is 0.844. The van der Waals surface area contributed by atoms with Crippen LogP contribution in [0.5, 0.6) is 0 Å². The van der Waals surface area contributed by atoms with E-state index in [1.165, 1.54) is 0 Å². The van der Waals surface area contributed by atoms with E-state index in [2.05, 4.69) is 10.3 Å². The van der Waals surface area contributed by atoms with Crippen LogP contribution in [0.3, 0.4) is 0 Å². The molecule has 0 atom stereocenters. The first-order valence-corrected chi connectivity index (χ1v) is 7.10. The summed E-state index contributed by atoms with van der Waals surface area (Å²) in [5.41, 5.74) is 3.68. The van der Waals surface area contributed by atoms with Crippen LogP contribution in [-0.2, 0) is 6.18 Å². The van der Waals surface area contributed by atoms with Crippen molar-refractivity contribution in [3.05, 3.63) is 17.7 Å². The number of nitrogen functional groups attached to an aromatic ring is 1. The van der Waals surface area contributed by atoms with Gasteiger partial charge in [-0.15, -0.1) is 0 Å². The van der Waals surface area contributed by atoms with Gasteiger partial charge in [-0.05, 0) is 25.0 Å². The lowest BCUT2D eigenvalue weighted by Gasteiger charge is -2.27. The molecule has 1 aromatic rings. The molecule has 0 aromatic carbocycles. The molecule has 4 nitrogen and oxygen atoms in total. The topological polar surface area (TPSA) is 71.2 Å². The molecule has 1 aliphatic carbocycles. The number of alkyl halides is 3. The summed E-state index contributed by atoms with van der Waals surface area (Å²) >= 11 is 0. The van der Waals surface area contributed by atoms with E-state index in [-0.39, 0.29) is 18.2 Å². The fraction of sp³-hybridized carbons (Fsp3) is 0.643. The van der Waals surface area contributed by atoms with Crippen LogP contribution < -0.4 is 11.1 Å². The quantitative estimate of drug-likeness (QED) is 0.750. The number of aromatic nitrogens is 1. The molecule has 0 bridgehead atoms. The Hall–Kier alpha value is -1.50. The normalized spacial score (nSPS) is 19.0. The summed E-state index contributed by atoms with van der Waals surface area (Å²) in [6, 6.07) is 1.71. The standard InChI is InChI=1S/C14H20F3N3O/c15-14(16,17)10-7-11(18)20-12(8-10)19-9-13(21)5-3-1-2-4-6-13/h7-8,21H,1-6,9H2,(H3,18,19,20). The van der Waals surface area contributed by atoms with E-state index < -0.39 is 17.3 Å². The first kappa shape index (κ1) is 15.9. The first-order chi connectivity index (χ1) is 9.78. The zero-order chi connectivity index (χ0) is 15.5. The van der Waals surface area contributed by atoms with Gasteiger partial charge in [-0.3, -0.25) is 0 Å². The van der Waals surface area contributed by atoms with Crippen LogP contribution in [0.25, 0.3) is 0 Å². The van der Waals surface area contributed by atoms with E-state index in [0.717, 1.165) is 37.8 Å². The summed E-state index contributed by atoms with van der Waals surface area (Å²) < 4.78 is 38.1. The van der Waals surface area contributed by atoms with E-state index in [1.807, 2.05) is 0 Å². The Morgan fingerprint density at radius 1 is 1.19 bits per heavy atom. The minimum Gasteiger partial charge on any atom is -0.388 e. The highest BCUT2D eigenvalue weighted by atomic mass is 19.4. The van der Waals surface area contributed by atoms with Crippen molar-refractivity contribution in [2.45, 2.75) is 50.3 Å². The minimum atomic E-state index is -4.47. The molecule has 1 fully saturated rings. The third-order valence-corrected chi connectivity index (χ3v) is 3.81. The molecule has 0 radical (unpaired) electrons. The molecular weight excluding hydrogens is 283 g/mol. The van der Waals surface area contributed by atoms with Gasteiger partial charge in [0.05, 0.1) is 11.2 Å². The van der Waals surface area contributed by atoms with Gasteiger partial charge in [0.25, 0.3) is 0 Å². The highest BCUT2D eigenvalue weighted by Crippen LogP contribution is 2.32. The number of nitrogens with two attached hydrogens (primary N) is 1. The van der Waals surface area contributed by atoms with Crippen molar-refractivity contribution < 1.29 is 18.3 Å². The van der Waals surface area contributed by atoms with Crippen molar-refractivity contribution in [3.8, 4) is 0 Å². The molecule has 1 saturated carbocycles. The van der Waals surface area contributed by atoms with Gasteiger partial charge in [-0.1, -0.05) is 25.7 Å². The molecule has 0 saturated heterocycles. The number of hydrogen-bond acceptors (Lipinski definition) is 4. The van der Waals surface area contributed by atoms with Gasteiger partial charge in [0.2, 0.25) is 0 Å². The molecule has 7 heteroatoms. The molecule has 0 spiro atoms. The van der Waals surface area contributed by atoms with Gasteiger partial charge in [0.15, 0.2) is 0 Å². The third kappa shape index (κ3) is 4.49. The Balaban J connectivity index is 2.07. The van der Waals surface area contributed by atoms with E-state index in [9.17, 15) is 18.3 Å². The maximum Gasteiger partial charge on any atom is 0.416 e. The zero-order valence-corrected chi connectivity index (χ0v) is 11.7. The largest absolute Gasteiger partial charge is 0.416 e. The van der Waals surface area contributed by atoms with Gasteiger partial charge < -0.3 is 16.2 Å². The molecule has 0 amide bonds. The Morgan fingerprint density at radius 2 is 1.81 bits per heavy atom. The number of halogens is 3. The molecule has 1 aromatic heterocycles. The highest BCUT2D eigenvalue weighted by Gasteiger charge is 2.32. The highest BCUT2D eigenvalue weighted by molar-refractivity contribution is 5.47. The number of nitrogens with one attached hydrogen (secondary N) is 1. The average Bonchev–Trinajstić information content (AvgIpc) is 2.60. The maximum absolute atomic E-state index is 12.7. The number of hydrogen-bond donors (Lipinski definition) is 3. The smallest absolute Gasteiger partial charge is 0.388 e. The van der Waals surface area contributed by atoms with Gasteiger partial charge >= 0.3 is 6.18 Å². The van der Waals surface area contributed by atoms with E-state index in [4.69, 9.17) is 5.73 Å². The molecule has 118 valence electrons. The number of pyridine rings is 1. The number of aliphatic hydroxyl groups is 1. The van der Waals surface area contributed by atoms with Crippen LogP contribution in [0.1, 0.15) is 44.1 Å². The van der Waals surface area contributed by atoms with Crippen LogP contribution in [0.4, 0.5) is 24.8 Å². The summed E-state index contributed by atoms with van der Waals surface area (Å²) in [7, 11) is 0. The molecule has 1 heterocycles. The molecule has 2 rings (SSSR count).